The summed E-state index contributed by atoms with van der Waals surface area (Å²) in [7, 11) is 0. The van der Waals surface area contributed by atoms with E-state index in [1.54, 1.807) is 6.92 Å². The molecule has 0 saturated heterocycles. The maximum Gasteiger partial charge on any atom is 0.311 e. The van der Waals surface area contributed by atoms with Crippen molar-refractivity contribution in [1.29, 1.82) is 5.26 Å². The van der Waals surface area contributed by atoms with E-state index < -0.39 is 0 Å². The zero-order valence-corrected chi connectivity index (χ0v) is 6.66. The van der Waals surface area contributed by atoms with Gasteiger partial charge in [0.15, 0.2) is 0 Å². The van der Waals surface area contributed by atoms with Crippen LogP contribution in [0.3, 0.4) is 0 Å². The molecule has 11 heavy (non-hydrogen) atoms. The second-order valence-electron chi connectivity index (χ2n) is 2.13. The molecule has 0 N–H and O–H groups in total. The van der Waals surface area contributed by atoms with Gasteiger partial charge < -0.3 is 9.47 Å². The first kappa shape index (κ1) is 9.76. The fourth-order valence-corrected chi connectivity index (χ4v) is 0.423. The van der Waals surface area contributed by atoms with E-state index in [2.05, 4.69) is 9.47 Å². The summed E-state index contributed by atoms with van der Waals surface area (Å²) in [6, 6.07) is 0. The first-order valence-electron chi connectivity index (χ1n) is 3.39. The monoisotopic (exact) mass is 157 g/mol. The lowest BCUT2D eigenvalue weighted by Gasteiger charge is -2.06. The predicted molar refractivity (Wildman–Crippen MR) is 37.1 cm³/mol. The molecule has 0 aromatic carbocycles. The van der Waals surface area contributed by atoms with Crippen LogP contribution in [0.2, 0.25) is 0 Å². The molecule has 1 atom stereocenters. The topological polar surface area (TPSA) is 59.3 Å². The molecule has 0 heterocycles. The van der Waals surface area contributed by atoms with Gasteiger partial charge in [0.1, 0.15) is 0 Å². The van der Waals surface area contributed by atoms with E-state index in [-0.39, 0.29) is 18.7 Å². The van der Waals surface area contributed by atoms with E-state index in [4.69, 9.17) is 5.26 Å². The molecule has 0 rings (SSSR count). The van der Waals surface area contributed by atoms with Crippen LogP contribution < -0.4 is 0 Å². The summed E-state index contributed by atoms with van der Waals surface area (Å²) >= 11 is 0. The molecule has 4 heteroatoms. The Balaban J connectivity index is 3.46. The van der Waals surface area contributed by atoms with Crippen molar-refractivity contribution in [2.75, 3.05) is 6.79 Å². The van der Waals surface area contributed by atoms with Crippen LogP contribution in [0.5, 0.6) is 0 Å². The van der Waals surface area contributed by atoms with Gasteiger partial charge in [0.25, 0.3) is 6.26 Å². The van der Waals surface area contributed by atoms with Crippen molar-refractivity contribution in [3.05, 3.63) is 0 Å². The Morgan fingerprint density at radius 3 is 2.82 bits per heavy atom. The highest BCUT2D eigenvalue weighted by Crippen LogP contribution is 2.02. The van der Waals surface area contributed by atoms with Gasteiger partial charge in [-0.15, -0.1) is 0 Å². The van der Waals surface area contributed by atoms with Gasteiger partial charge >= 0.3 is 5.97 Å². The van der Waals surface area contributed by atoms with Crippen molar-refractivity contribution in [2.24, 2.45) is 5.92 Å². The zero-order valence-electron chi connectivity index (χ0n) is 6.66. The molecule has 0 fully saturated rings. The average Bonchev–Trinajstić information content (AvgIpc) is 2.03. The number of esters is 1. The van der Waals surface area contributed by atoms with E-state index in [1.165, 1.54) is 6.26 Å². The largest absolute Gasteiger partial charge is 0.427 e. The summed E-state index contributed by atoms with van der Waals surface area (Å²) in [5.74, 6) is -0.458. The highest BCUT2D eigenvalue weighted by atomic mass is 16.7. The second kappa shape index (κ2) is 5.54. The first-order chi connectivity index (χ1) is 5.22. The Labute approximate surface area is 65.7 Å². The molecule has 0 aromatic heterocycles. The summed E-state index contributed by atoms with van der Waals surface area (Å²) in [4.78, 5) is 10.8. The molecule has 0 aliphatic carbocycles. The van der Waals surface area contributed by atoms with E-state index in [1.807, 2.05) is 6.92 Å². The molecule has 4 nitrogen and oxygen atoms in total. The summed E-state index contributed by atoms with van der Waals surface area (Å²) in [5, 5.41) is 7.91. The maximum absolute atomic E-state index is 10.8. The van der Waals surface area contributed by atoms with E-state index in [9.17, 15) is 4.79 Å². The number of ether oxygens (including phenoxy) is 2. The Morgan fingerprint density at radius 1 is 1.73 bits per heavy atom. The molecule has 0 spiro atoms. The van der Waals surface area contributed by atoms with Crippen LogP contribution >= 0.6 is 0 Å². The van der Waals surface area contributed by atoms with Crippen LogP contribution in [0.25, 0.3) is 0 Å². The summed E-state index contributed by atoms with van der Waals surface area (Å²) in [5.41, 5.74) is 0. The van der Waals surface area contributed by atoms with Crippen LogP contribution in [0.15, 0.2) is 0 Å². The lowest BCUT2D eigenvalue weighted by Crippen LogP contribution is -2.14. The minimum Gasteiger partial charge on any atom is -0.427 e. The van der Waals surface area contributed by atoms with Gasteiger partial charge in [-0.25, -0.2) is 0 Å². The number of nitriles is 1. The molecule has 0 amide bonds. The number of hydrogen-bond acceptors (Lipinski definition) is 4. The van der Waals surface area contributed by atoms with Gasteiger partial charge in [-0.3, -0.25) is 4.79 Å². The minimum absolute atomic E-state index is 0.128. The Bertz CT molecular complexity index is 162. The fraction of sp³-hybridized carbons (Fsp3) is 0.714. The number of hydrogen-bond donors (Lipinski definition) is 0. The summed E-state index contributed by atoms with van der Waals surface area (Å²) < 4.78 is 8.71. The Kier molecular flexibility index (Phi) is 4.91. The zero-order chi connectivity index (χ0) is 8.69. The van der Waals surface area contributed by atoms with Gasteiger partial charge in [-0.2, -0.15) is 5.26 Å². The van der Waals surface area contributed by atoms with Gasteiger partial charge in [-0.1, -0.05) is 13.8 Å². The van der Waals surface area contributed by atoms with Crippen molar-refractivity contribution < 1.29 is 14.3 Å². The molecule has 1 unspecified atom stereocenters. The standard InChI is InChI=1S/C7H11NO3/c1-3-6(2)7(9)11-5-10-4-8/h6H,3,5H2,1-2H3. The van der Waals surface area contributed by atoms with Crippen molar-refractivity contribution in [2.45, 2.75) is 20.3 Å². The SMILES string of the molecule is CCC(C)C(=O)OCOC#N. The van der Waals surface area contributed by atoms with E-state index in [0.717, 1.165) is 6.42 Å². The van der Waals surface area contributed by atoms with E-state index >= 15 is 0 Å². The van der Waals surface area contributed by atoms with Crippen LogP contribution in [-0.2, 0) is 14.3 Å². The highest BCUT2D eigenvalue weighted by molar-refractivity contribution is 5.71. The average molecular weight is 157 g/mol. The first-order valence-corrected chi connectivity index (χ1v) is 3.39. The van der Waals surface area contributed by atoms with Gasteiger partial charge in [0, 0.05) is 0 Å². The highest BCUT2D eigenvalue weighted by Gasteiger charge is 2.11. The van der Waals surface area contributed by atoms with Crippen molar-refractivity contribution >= 4 is 5.97 Å². The molecule has 0 bridgehead atoms. The second-order valence-corrected chi connectivity index (χ2v) is 2.13. The third kappa shape index (κ3) is 4.20. The van der Waals surface area contributed by atoms with Gasteiger partial charge in [0.2, 0.25) is 6.79 Å². The molecule has 0 saturated carbocycles. The predicted octanol–water partition coefficient (Wildman–Crippen LogP) is 1.03. The number of carbonyl (C=O) groups is 1. The number of carbonyl (C=O) groups excluding carboxylic acids is 1. The van der Waals surface area contributed by atoms with Crippen LogP contribution in [0.4, 0.5) is 0 Å². The normalized spacial score (nSPS) is 11.4. The third-order valence-corrected chi connectivity index (χ3v) is 1.34. The van der Waals surface area contributed by atoms with Gasteiger partial charge in [-0.05, 0) is 6.42 Å². The molecule has 62 valence electrons. The van der Waals surface area contributed by atoms with Crippen LogP contribution in [0, 0.1) is 17.4 Å². The van der Waals surface area contributed by atoms with Crippen molar-refractivity contribution in [3.8, 4) is 6.26 Å². The van der Waals surface area contributed by atoms with Crippen LogP contribution in [0.1, 0.15) is 20.3 Å². The quantitative estimate of drug-likeness (QED) is 0.264. The van der Waals surface area contributed by atoms with Crippen molar-refractivity contribution in [3.63, 3.8) is 0 Å². The number of rotatable bonds is 4. The maximum atomic E-state index is 10.8. The lowest BCUT2D eigenvalue weighted by molar-refractivity contribution is -0.156. The molecular weight excluding hydrogens is 146 g/mol. The van der Waals surface area contributed by atoms with Crippen molar-refractivity contribution in [1.82, 2.24) is 0 Å². The Morgan fingerprint density at radius 2 is 2.36 bits per heavy atom. The minimum atomic E-state index is -0.331. The van der Waals surface area contributed by atoms with Gasteiger partial charge in [0.05, 0.1) is 5.92 Å². The Hall–Kier alpha value is -1.24. The fourth-order valence-electron chi connectivity index (χ4n) is 0.423. The molecule has 0 aromatic rings. The summed E-state index contributed by atoms with van der Waals surface area (Å²) in [6.07, 6.45) is 2.13. The van der Waals surface area contributed by atoms with E-state index in [0.29, 0.717) is 0 Å². The third-order valence-electron chi connectivity index (χ3n) is 1.34. The smallest absolute Gasteiger partial charge is 0.311 e. The molecule has 0 radical (unpaired) electrons. The summed E-state index contributed by atoms with van der Waals surface area (Å²) in [6.45, 7) is 3.37. The molecular formula is C7H11NO3. The van der Waals surface area contributed by atoms with Crippen LogP contribution in [-0.4, -0.2) is 12.8 Å². The molecule has 0 aliphatic heterocycles. The number of nitrogens with zero attached hydrogens (tertiary/aromatic N) is 1. The molecule has 0 aliphatic rings. The lowest BCUT2D eigenvalue weighted by atomic mass is 10.1.